The Bertz CT molecular complexity index is 488. The zero-order valence-electron chi connectivity index (χ0n) is 12.2. The summed E-state index contributed by atoms with van der Waals surface area (Å²) in [6.45, 7) is 4.21. The lowest BCUT2D eigenvalue weighted by Gasteiger charge is -2.57. The Labute approximate surface area is 124 Å². The van der Waals surface area contributed by atoms with E-state index in [0.29, 0.717) is 12.2 Å². The van der Waals surface area contributed by atoms with E-state index in [-0.39, 0.29) is 23.5 Å². The fourth-order valence-electron chi connectivity index (χ4n) is 3.47. The highest BCUT2D eigenvalue weighted by atomic mass is 16.5. The summed E-state index contributed by atoms with van der Waals surface area (Å²) in [6, 6.07) is 1.83. The summed E-state index contributed by atoms with van der Waals surface area (Å²) in [4.78, 5) is 12.3. The van der Waals surface area contributed by atoms with Crippen LogP contribution in [0.1, 0.15) is 36.5 Å². The molecule has 2 atom stereocenters. The van der Waals surface area contributed by atoms with E-state index >= 15 is 0 Å². The summed E-state index contributed by atoms with van der Waals surface area (Å²) < 4.78 is 11.3. The molecule has 21 heavy (non-hydrogen) atoms. The first-order valence-corrected chi connectivity index (χ1v) is 7.53. The third-order valence-corrected chi connectivity index (χ3v) is 4.73. The molecule has 6 heteroatoms. The Hall–Kier alpha value is -1.53. The SMILES string of the molecule is CCO[C@H]1C[C@H](NC(=O)c2ccnnc2)C12CCOCC2. The van der Waals surface area contributed by atoms with Gasteiger partial charge >= 0.3 is 0 Å². The third kappa shape index (κ3) is 2.65. The van der Waals surface area contributed by atoms with E-state index in [0.717, 1.165) is 32.5 Å². The standard InChI is InChI=1S/C15H21N3O3/c1-2-21-13-9-12(15(13)4-7-20-8-5-15)18-14(19)11-3-6-16-17-10-11/h3,6,10,12-13H,2,4-5,7-9H2,1H3,(H,18,19)/t12-,13-/m0/s1. The normalized spacial score (nSPS) is 27.1. The van der Waals surface area contributed by atoms with Gasteiger partial charge in [0, 0.05) is 31.3 Å². The Morgan fingerprint density at radius 1 is 1.48 bits per heavy atom. The van der Waals surface area contributed by atoms with Crippen LogP contribution in [0.25, 0.3) is 0 Å². The fraction of sp³-hybridized carbons (Fsp3) is 0.667. The molecule has 0 radical (unpaired) electrons. The maximum absolute atomic E-state index is 12.3. The number of nitrogens with zero attached hydrogens (tertiary/aromatic N) is 2. The van der Waals surface area contributed by atoms with Crippen molar-refractivity contribution in [2.75, 3.05) is 19.8 Å². The molecule has 2 heterocycles. The van der Waals surface area contributed by atoms with Crippen LogP contribution in [0.2, 0.25) is 0 Å². The molecule has 1 saturated heterocycles. The molecule has 1 amide bonds. The Morgan fingerprint density at radius 2 is 2.29 bits per heavy atom. The average Bonchev–Trinajstić information content (AvgIpc) is 2.55. The maximum atomic E-state index is 12.3. The van der Waals surface area contributed by atoms with Crippen molar-refractivity contribution in [3.8, 4) is 0 Å². The lowest BCUT2D eigenvalue weighted by molar-refractivity contribution is -0.170. The first-order valence-electron chi connectivity index (χ1n) is 7.53. The molecule has 0 aromatic carbocycles. The van der Waals surface area contributed by atoms with E-state index in [9.17, 15) is 4.79 Å². The van der Waals surface area contributed by atoms with E-state index in [1.807, 2.05) is 6.92 Å². The van der Waals surface area contributed by atoms with Gasteiger partial charge in [-0.05, 0) is 32.3 Å². The van der Waals surface area contributed by atoms with Crippen molar-refractivity contribution >= 4 is 5.91 Å². The van der Waals surface area contributed by atoms with Gasteiger partial charge in [-0.15, -0.1) is 0 Å². The van der Waals surface area contributed by atoms with Crippen LogP contribution in [0, 0.1) is 5.41 Å². The van der Waals surface area contributed by atoms with Gasteiger partial charge in [0.2, 0.25) is 0 Å². The van der Waals surface area contributed by atoms with Crippen LogP contribution in [-0.2, 0) is 9.47 Å². The van der Waals surface area contributed by atoms with E-state index < -0.39 is 0 Å². The molecule has 1 aromatic rings. The largest absolute Gasteiger partial charge is 0.381 e. The molecule has 1 spiro atoms. The smallest absolute Gasteiger partial charge is 0.253 e. The van der Waals surface area contributed by atoms with Gasteiger partial charge < -0.3 is 14.8 Å². The topological polar surface area (TPSA) is 73.3 Å². The molecule has 1 aromatic heterocycles. The van der Waals surface area contributed by atoms with Crippen molar-refractivity contribution in [2.45, 2.75) is 38.3 Å². The van der Waals surface area contributed by atoms with Gasteiger partial charge in [0.25, 0.3) is 5.91 Å². The van der Waals surface area contributed by atoms with E-state index in [1.165, 1.54) is 12.4 Å². The van der Waals surface area contributed by atoms with Gasteiger partial charge in [-0.3, -0.25) is 4.79 Å². The molecule has 0 bridgehead atoms. The minimum atomic E-state index is -0.0873. The molecule has 114 valence electrons. The number of hydrogen-bond acceptors (Lipinski definition) is 5. The first-order chi connectivity index (χ1) is 10.3. The Morgan fingerprint density at radius 3 is 2.95 bits per heavy atom. The molecule has 1 N–H and O–H groups in total. The highest BCUT2D eigenvalue weighted by molar-refractivity contribution is 5.94. The van der Waals surface area contributed by atoms with Gasteiger partial charge in [0.05, 0.1) is 24.1 Å². The molecule has 1 aliphatic heterocycles. The predicted octanol–water partition coefficient (Wildman–Crippen LogP) is 1.18. The number of amides is 1. The molecule has 1 saturated carbocycles. The zero-order valence-corrected chi connectivity index (χ0v) is 12.2. The van der Waals surface area contributed by atoms with Crippen molar-refractivity contribution in [2.24, 2.45) is 5.41 Å². The molecule has 6 nitrogen and oxygen atoms in total. The Balaban J connectivity index is 1.69. The fourth-order valence-corrected chi connectivity index (χ4v) is 3.47. The second kappa shape index (κ2) is 6.07. The number of carbonyl (C=O) groups excluding carboxylic acids is 1. The lowest BCUT2D eigenvalue weighted by Crippen LogP contribution is -2.66. The lowest BCUT2D eigenvalue weighted by atomic mass is 9.57. The first kappa shape index (κ1) is 14.4. The number of ether oxygens (including phenoxy) is 2. The van der Waals surface area contributed by atoms with E-state index in [1.54, 1.807) is 6.07 Å². The van der Waals surface area contributed by atoms with Gasteiger partial charge in [-0.1, -0.05) is 0 Å². The van der Waals surface area contributed by atoms with Crippen LogP contribution >= 0.6 is 0 Å². The number of rotatable bonds is 4. The molecule has 0 unspecified atom stereocenters. The molecule has 2 aliphatic rings. The second-order valence-corrected chi connectivity index (χ2v) is 5.68. The molecule has 3 rings (SSSR count). The predicted molar refractivity (Wildman–Crippen MR) is 75.8 cm³/mol. The van der Waals surface area contributed by atoms with Gasteiger partial charge in [0.15, 0.2) is 0 Å². The Kier molecular flexibility index (Phi) is 4.17. The molecular weight excluding hydrogens is 270 g/mol. The van der Waals surface area contributed by atoms with Crippen LogP contribution in [0.4, 0.5) is 0 Å². The van der Waals surface area contributed by atoms with Crippen molar-refractivity contribution < 1.29 is 14.3 Å². The minimum absolute atomic E-state index is 0.0321. The summed E-state index contributed by atoms with van der Waals surface area (Å²) in [6.07, 6.45) is 6.01. The summed E-state index contributed by atoms with van der Waals surface area (Å²) in [5, 5.41) is 10.6. The van der Waals surface area contributed by atoms with Crippen molar-refractivity contribution in [3.63, 3.8) is 0 Å². The van der Waals surface area contributed by atoms with E-state index in [2.05, 4.69) is 15.5 Å². The van der Waals surface area contributed by atoms with Gasteiger partial charge in [-0.2, -0.15) is 10.2 Å². The summed E-state index contributed by atoms with van der Waals surface area (Å²) in [5.41, 5.74) is 0.580. The van der Waals surface area contributed by atoms with Crippen molar-refractivity contribution in [1.29, 1.82) is 0 Å². The quantitative estimate of drug-likeness (QED) is 0.902. The maximum Gasteiger partial charge on any atom is 0.253 e. The third-order valence-electron chi connectivity index (χ3n) is 4.73. The average molecular weight is 291 g/mol. The highest BCUT2D eigenvalue weighted by Gasteiger charge is 2.56. The van der Waals surface area contributed by atoms with Crippen molar-refractivity contribution in [3.05, 3.63) is 24.0 Å². The zero-order chi connectivity index (χ0) is 14.7. The molecule has 2 fully saturated rings. The summed E-state index contributed by atoms with van der Waals surface area (Å²) >= 11 is 0. The number of hydrogen-bond donors (Lipinski definition) is 1. The number of aromatic nitrogens is 2. The summed E-state index contributed by atoms with van der Waals surface area (Å²) in [5.74, 6) is -0.0873. The van der Waals surface area contributed by atoms with Crippen LogP contribution in [-0.4, -0.2) is 48.1 Å². The van der Waals surface area contributed by atoms with Gasteiger partial charge in [0.1, 0.15) is 0 Å². The summed E-state index contributed by atoms with van der Waals surface area (Å²) in [7, 11) is 0. The number of carbonyl (C=O) groups is 1. The van der Waals surface area contributed by atoms with Crippen LogP contribution in [0.3, 0.4) is 0 Å². The highest BCUT2D eigenvalue weighted by Crippen LogP contribution is 2.50. The monoisotopic (exact) mass is 291 g/mol. The van der Waals surface area contributed by atoms with E-state index in [4.69, 9.17) is 9.47 Å². The second-order valence-electron chi connectivity index (χ2n) is 5.68. The molecular formula is C15H21N3O3. The number of nitrogens with one attached hydrogen (secondary N) is 1. The van der Waals surface area contributed by atoms with Gasteiger partial charge in [-0.25, -0.2) is 0 Å². The van der Waals surface area contributed by atoms with Crippen LogP contribution in [0.5, 0.6) is 0 Å². The minimum Gasteiger partial charge on any atom is -0.381 e. The van der Waals surface area contributed by atoms with Crippen molar-refractivity contribution in [1.82, 2.24) is 15.5 Å². The van der Waals surface area contributed by atoms with Crippen LogP contribution in [0.15, 0.2) is 18.5 Å². The molecule has 1 aliphatic carbocycles. The van der Waals surface area contributed by atoms with Crippen LogP contribution < -0.4 is 5.32 Å².